The highest BCUT2D eigenvalue weighted by atomic mass is 14.4. The molecule has 0 heteroatoms. The van der Waals surface area contributed by atoms with Gasteiger partial charge in [-0.25, -0.2) is 0 Å². The molecule has 0 spiro atoms. The topological polar surface area (TPSA) is 0 Å². The van der Waals surface area contributed by atoms with Gasteiger partial charge in [-0.05, 0) is 51.2 Å². The van der Waals surface area contributed by atoms with Crippen molar-refractivity contribution in [3.8, 4) is 0 Å². The summed E-state index contributed by atoms with van der Waals surface area (Å²) in [6.45, 7) is 65.1. The molecule has 0 radical (unpaired) electrons. The summed E-state index contributed by atoms with van der Waals surface area (Å²) in [5.74, 6) is 0. The van der Waals surface area contributed by atoms with Crippen molar-refractivity contribution in [2.24, 2.45) is 16.2 Å². The van der Waals surface area contributed by atoms with Crippen LogP contribution in [0.25, 0.3) is 0 Å². The number of rotatable bonds is 2. The van der Waals surface area contributed by atoms with Crippen LogP contribution in [0.3, 0.4) is 0 Å². The molecule has 0 heterocycles. The molecule has 570 valence electrons. The molecular formula is C102H162. The van der Waals surface area contributed by atoms with Gasteiger partial charge in [0.1, 0.15) is 0 Å². The van der Waals surface area contributed by atoms with E-state index in [0.29, 0.717) is 21.7 Å². The number of hydrogen-bond acceptors (Lipinski definition) is 0. The summed E-state index contributed by atoms with van der Waals surface area (Å²) >= 11 is 0. The van der Waals surface area contributed by atoms with E-state index in [1.165, 1.54) is 55.2 Å². The molecule has 0 nitrogen and oxygen atoms in total. The van der Waals surface area contributed by atoms with Crippen LogP contribution < -0.4 is 0 Å². The van der Waals surface area contributed by atoms with E-state index in [1.807, 2.05) is 366 Å². The number of hydrogen-bond donors (Lipinski definition) is 0. The third-order valence-corrected chi connectivity index (χ3v) is 11.7. The van der Waals surface area contributed by atoms with E-state index in [4.69, 9.17) is 0 Å². The van der Waals surface area contributed by atoms with Crippen molar-refractivity contribution in [2.45, 2.75) is 264 Å². The van der Waals surface area contributed by atoms with Crippen LogP contribution in [0.4, 0.5) is 0 Å². The molecule has 102 heavy (non-hydrogen) atoms. The minimum Gasteiger partial charge on any atom is -0.0683 e. The molecule has 0 amide bonds. The van der Waals surface area contributed by atoms with Crippen molar-refractivity contribution < 1.29 is 0 Å². The van der Waals surface area contributed by atoms with Crippen LogP contribution in [0, 0.1) is 16.2 Å². The highest BCUT2D eigenvalue weighted by Gasteiger charge is 2.35. The van der Waals surface area contributed by atoms with Gasteiger partial charge < -0.3 is 0 Å². The lowest BCUT2D eigenvalue weighted by Gasteiger charge is -2.38. The van der Waals surface area contributed by atoms with Gasteiger partial charge in [0.25, 0.3) is 0 Å². The molecule has 11 rings (SSSR count). The summed E-state index contributed by atoms with van der Waals surface area (Å²) in [6, 6.07) is 117. The zero-order valence-corrected chi connectivity index (χ0v) is 72.2. The minimum atomic E-state index is 0.265. The van der Waals surface area contributed by atoms with E-state index >= 15 is 0 Å². The van der Waals surface area contributed by atoms with Gasteiger partial charge >= 0.3 is 0 Å². The van der Waals surface area contributed by atoms with Crippen molar-refractivity contribution in [1.29, 1.82) is 0 Å². The highest BCUT2D eigenvalue weighted by molar-refractivity contribution is 5.39. The lowest BCUT2D eigenvalue weighted by atomic mass is 9.65. The Labute approximate surface area is 638 Å². The maximum absolute atomic E-state index is 2.30. The monoisotopic (exact) mass is 1390 g/mol. The first-order valence-electron chi connectivity index (χ1n) is 39.2. The number of benzene rings is 10. The van der Waals surface area contributed by atoms with E-state index in [0.717, 1.165) is 0 Å². The van der Waals surface area contributed by atoms with E-state index in [2.05, 4.69) is 195 Å². The Balaban J connectivity index is -0.000000133. The fourth-order valence-corrected chi connectivity index (χ4v) is 7.05. The largest absolute Gasteiger partial charge is 0.0683 e. The molecule has 0 unspecified atom stereocenters. The molecule has 1 aliphatic rings. The summed E-state index contributed by atoms with van der Waals surface area (Å²) in [6.07, 6.45) is 7.95. The quantitative estimate of drug-likeness (QED) is 0.162. The molecule has 1 fully saturated rings. The molecular weight excluding hydrogens is 1230 g/mol. The summed E-state index contributed by atoms with van der Waals surface area (Å²) in [7, 11) is 0. The van der Waals surface area contributed by atoms with Crippen molar-refractivity contribution >= 4 is 0 Å². The molecule has 0 saturated heterocycles. The third kappa shape index (κ3) is 96.4. The van der Waals surface area contributed by atoms with Gasteiger partial charge in [0, 0.05) is 5.41 Å². The maximum Gasteiger partial charge on any atom is 0.0202 e. The van der Waals surface area contributed by atoms with E-state index in [1.54, 1.807) is 0 Å². The predicted octanol–water partition coefficient (Wildman–Crippen LogP) is 34.5. The highest BCUT2D eigenvalue weighted by Crippen LogP contribution is 2.44. The van der Waals surface area contributed by atoms with Gasteiger partial charge in [0.05, 0.1) is 0 Å². The van der Waals surface area contributed by atoms with Crippen LogP contribution in [-0.2, 0) is 10.8 Å². The SMILES string of the molecule is CC.CC.CC.CC.CC.CC.CC.CC.CC(C)(C)C.CC(C)(C)C.CC(C)(C)c1ccccc1.CCC(C)(C)C.c1ccc(C2(c3ccccc3)CCCCC2)cc1.c1ccccc1.c1ccccc1.c1ccccc1.c1ccccc1.c1ccccc1.c1ccccc1.c1ccccc1. The van der Waals surface area contributed by atoms with Gasteiger partial charge in [-0.3, -0.25) is 0 Å². The summed E-state index contributed by atoms with van der Waals surface area (Å²) in [5, 5.41) is 0. The van der Waals surface area contributed by atoms with E-state index in [9.17, 15) is 0 Å². The Kier molecular flexibility index (Phi) is 98.7. The lowest BCUT2D eigenvalue weighted by molar-refractivity contribution is 0.346. The molecule has 0 N–H and O–H groups in total. The third-order valence-electron chi connectivity index (χ3n) is 11.7. The van der Waals surface area contributed by atoms with Gasteiger partial charge in [-0.2, -0.15) is 0 Å². The van der Waals surface area contributed by atoms with Crippen LogP contribution in [0.15, 0.2) is 346 Å². The molecule has 1 aliphatic carbocycles. The molecule has 0 aromatic heterocycles. The Morgan fingerprint density at radius 3 is 0.431 bits per heavy atom. The average molecular weight is 1390 g/mol. The van der Waals surface area contributed by atoms with Crippen LogP contribution in [0.5, 0.6) is 0 Å². The van der Waals surface area contributed by atoms with Crippen LogP contribution in [0.1, 0.15) is 270 Å². The first kappa shape index (κ1) is 113. The minimum absolute atomic E-state index is 0.265. The predicted molar refractivity (Wildman–Crippen MR) is 478 cm³/mol. The molecule has 10 aromatic carbocycles. The van der Waals surface area contributed by atoms with Crippen molar-refractivity contribution in [3.63, 3.8) is 0 Å². The average Bonchev–Trinajstić information content (AvgIpc) is 0.780. The van der Waals surface area contributed by atoms with Crippen LogP contribution in [0.2, 0.25) is 0 Å². The van der Waals surface area contributed by atoms with Crippen molar-refractivity contribution in [3.05, 3.63) is 362 Å². The normalized spacial score (nSPS) is 10.0. The Morgan fingerprint density at radius 2 is 0.324 bits per heavy atom. The second kappa shape index (κ2) is 89.3. The molecule has 10 aromatic rings. The van der Waals surface area contributed by atoms with Gasteiger partial charge in [0.15, 0.2) is 0 Å². The fourth-order valence-electron chi connectivity index (χ4n) is 7.05. The first-order chi connectivity index (χ1) is 49.1. The van der Waals surface area contributed by atoms with E-state index in [-0.39, 0.29) is 5.41 Å². The van der Waals surface area contributed by atoms with Crippen molar-refractivity contribution in [1.82, 2.24) is 0 Å². The second-order valence-corrected chi connectivity index (χ2v) is 26.0. The van der Waals surface area contributed by atoms with Gasteiger partial charge in [-0.1, -0.05) is 586 Å². The van der Waals surface area contributed by atoms with Crippen molar-refractivity contribution in [2.75, 3.05) is 0 Å². The van der Waals surface area contributed by atoms with Crippen LogP contribution in [-0.4, -0.2) is 0 Å². The van der Waals surface area contributed by atoms with E-state index < -0.39 is 0 Å². The Hall–Kier alpha value is -7.80. The van der Waals surface area contributed by atoms with Crippen LogP contribution >= 0.6 is 0 Å². The molecule has 0 bridgehead atoms. The maximum atomic E-state index is 2.30. The Bertz CT molecular complexity index is 2220. The standard InChI is InChI=1S/C18H20.C10H14.7C6H6.C6H14.2C5H12.8C2H6/c1-4-10-16(11-5-1)18(14-8-3-9-15-18)17-12-6-2-7-13-17;1-10(2,3)9-7-5-4-6-8-9;7*1-2-4-6-5-3-1;1-5-6(2,3)4;2*1-5(2,3)4;8*1-2/h1-2,4-7,10-13H,3,8-9,14-15H2;4-8H,1-3H3;7*1-6H;5H2,1-4H3;2*1-4H3;8*1-2H3. The molecule has 1 saturated carbocycles. The lowest BCUT2D eigenvalue weighted by Crippen LogP contribution is -2.30. The molecule has 0 aliphatic heterocycles. The zero-order valence-electron chi connectivity index (χ0n) is 72.2. The summed E-state index contributed by atoms with van der Waals surface area (Å²) in [5.41, 5.74) is 6.49. The Morgan fingerprint density at radius 1 is 0.206 bits per heavy atom. The second-order valence-electron chi connectivity index (χ2n) is 26.0. The summed E-state index contributed by atoms with van der Waals surface area (Å²) in [4.78, 5) is 0. The van der Waals surface area contributed by atoms with Gasteiger partial charge in [-0.15, -0.1) is 0 Å². The summed E-state index contributed by atoms with van der Waals surface area (Å²) < 4.78 is 0. The smallest absolute Gasteiger partial charge is 0.0202 e. The van der Waals surface area contributed by atoms with Gasteiger partial charge in [0.2, 0.25) is 0 Å². The fraction of sp³-hybridized carbons (Fsp3) is 0.412. The first-order valence-corrected chi connectivity index (χ1v) is 39.2. The zero-order chi connectivity index (χ0) is 79.8. The molecule has 0 atom stereocenters.